The Morgan fingerprint density at radius 1 is 1.12 bits per heavy atom. The van der Waals surface area contributed by atoms with Gasteiger partial charge in [-0.2, -0.15) is 0 Å². The van der Waals surface area contributed by atoms with E-state index >= 15 is 0 Å². The molecule has 0 bridgehead atoms. The lowest BCUT2D eigenvalue weighted by atomic mass is 10.1. The third kappa shape index (κ3) is 5.23. The SMILES string of the molecule is COc1ccc(OCc2csc(C(=O)NC3CCCCCC3)c2)cc1. The minimum Gasteiger partial charge on any atom is -0.497 e. The highest BCUT2D eigenvalue weighted by Gasteiger charge is 2.17. The Labute approximate surface area is 153 Å². The lowest BCUT2D eigenvalue weighted by molar-refractivity contribution is 0.0937. The minimum absolute atomic E-state index is 0.0487. The van der Waals surface area contributed by atoms with Gasteiger partial charge in [0.1, 0.15) is 18.1 Å². The van der Waals surface area contributed by atoms with E-state index in [4.69, 9.17) is 9.47 Å². The molecule has 4 nitrogen and oxygen atoms in total. The van der Waals surface area contributed by atoms with E-state index in [2.05, 4.69) is 5.32 Å². The molecule has 1 aliphatic carbocycles. The Morgan fingerprint density at radius 2 is 1.80 bits per heavy atom. The molecule has 1 aromatic carbocycles. The summed E-state index contributed by atoms with van der Waals surface area (Å²) in [5.41, 5.74) is 1.02. The van der Waals surface area contributed by atoms with E-state index in [9.17, 15) is 4.79 Å². The second kappa shape index (κ2) is 8.90. The lowest BCUT2D eigenvalue weighted by Crippen LogP contribution is -2.33. The van der Waals surface area contributed by atoms with E-state index in [-0.39, 0.29) is 5.91 Å². The van der Waals surface area contributed by atoms with Crippen LogP contribution in [0.15, 0.2) is 35.7 Å². The van der Waals surface area contributed by atoms with Gasteiger partial charge in [0.2, 0.25) is 0 Å². The molecule has 1 heterocycles. The number of rotatable bonds is 6. The van der Waals surface area contributed by atoms with Crippen molar-refractivity contribution < 1.29 is 14.3 Å². The quantitative estimate of drug-likeness (QED) is 0.755. The van der Waals surface area contributed by atoms with Crippen LogP contribution in [0.2, 0.25) is 0 Å². The third-order valence-electron chi connectivity index (χ3n) is 4.53. The van der Waals surface area contributed by atoms with E-state index in [0.717, 1.165) is 34.8 Å². The zero-order valence-electron chi connectivity index (χ0n) is 14.6. The maximum absolute atomic E-state index is 12.4. The zero-order valence-corrected chi connectivity index (χ0v) is 15.4. The summed E-state index contributed by atoms with van der Waals surface area (Å²) in [6.07, 6.45) is 7.22. The largest absolute Gasteiger partial charge is 0.497 e. The Morgan fingerprint density at radius 3 is 2.48 bits per heavy atom. The average Bonchev–Trinajstić information content (AvgIpc) is 2.98. The van der Waals surface area contributed by atoms with E-state index in [0.29, 0.717) is 12.6 Å². The Bertz CT molecular complexity index is 673. The summed E-state index contributed by atoms with van der Waals surface area (Å²) < 4.78 is 10.9. The normalized spacial score (nSPS) is 15.4. The van der Waals surface area contributed by atoms with E-state index in [1.807, 2.05) is 35.7 Å². The first-order chi connectivity index (χ1) is 12.2. The smallest absolute Gasteiger partial charge is 0.261 e. The molecule has 1 aliphatic rings. The van der Waals surface area contributed by atoms with Gasteiger partial charge in [0.05, 0.1) is 12.0 Å². The van der Waals surface area contributed by atoms with Crippen molar-refractivity contribution in [1.82, 2.24) is 5.32 Å². The highest BCUT2D eigenvalue weighted by atomic mass is 32.1. The van der Waals surface area contributed by atoms with Crippen LogP contribution in [0.1, 0.15) is 53.8 Å². The van der Waals surface area contributed by atoms with Gasteiger partial charge < -0.3 is 14.8 Å². The topological polar surface area (TPSA) is 47.6 Å². The summed E-state index contributed by atoms with van der Waals surface area (Å²) in [7, 11) is 1.64. The molecule has 5 heteroatoms. The Balaban J connectivity index is 1.51. The van der Waals surface area contributed by atoms with Gasteiger partial charge in [-0.15, -0.1) is 11.3 Å². The van der Waals surface area contributed by atoms with Crippen LogP contribution in [-0.4, -0.2) is 19.1 Å². The van der Waals surface area contributed by atoms with Crippen LogP contribution < -0.4 is 14.8 Å². The standard InChI is InChI=1S/C20H25NO3S/c1-23-17-8-10-18(11-9-17)24-13-15-12-19(25-14-15)20(22)21-16-6-4-2-3-5-7-16/h8-12,14,16H,2-7,13H2,1H3,(H,21,22). The van der Waals surface area contributed by atoms with E-state index < -0.39 is 0 Å². The molecular formula is C20H25NO3S. The molecule has 1 fully saturated rings. The van der Waals surface area contributed by atoms with Crippen molar-refractivity contribution >= 4 is 17.2 Å². The van der Waals surface area contributed by atoms with Gasteiger partial charge in [0.15, 0.2) is 0 Å². The fraction of sp³-hybridized carbons (Fsp3) is 0.450. The molecule has 1 N–H and O–H groups in total. The number of ether oxygens (including phenoxy) is 2. The number of benzene rings is 1. The molecule has 0 radical (unpaired) electrons. The average molecular weight is 359 g/mol. The highest BCUT2D eigenvalue weighted by Crippen LogP contribution is 2.22. The molecule has 0 saturated heterocycles. The summed E-state index contributed by atoms with van der Waals surface area (Å²) in [6, 6.07) is 9.76. The maximum atomic E-state index is 12.4. The second-order valence-corrected chi connectivity index (χ2v) is 7.36. The van der Waals surface area contributed by atoms with Crippen LogP contribution in [0.25, 0.3) is 0 Å². The highest BCUT2D eigenvalue weighted by molar-refractivity contribution is 7.12. The Hall–Kier alpha value is -2.01. The molecule has 0 aliphatic heterocycles. The van der Waals surface area contributed by atoms with Gasteiger partial charge >= 0.3 is 0 Å². The molecule has 1 aromatic heterocycles. The molecule has 0 atom stereocenters. The fourth-order valence-corrected chi connectivity index (χ4v) is 3.89. The summed E-state index contributed by atoms with van der Waals surface area (Å²) in [5, 5.41) is 5.18. The number of hydrogen-bond acceptors (Lipinski definition) is 4. The minimum atomic E-state index is 0.0487. The molecular weight excluding hydrogens is 334 g/mol. The van der Waals surface area contributed by atoms with Crippen LogP contribution in [0.4, 0.5) is 0 Å². The molecule has 1 saturated carbocycles. The summed E-state index contributed by atoms with van der Waals surface area (Å²) in [6.45, 7) is 0.458. The van der Waals surface area contributed by atoms with Gasteiger partial charge in [0, 0.05) is 11.6 Å². The summed E-state index contributed by atoms with van der Waals surface area (Å²) >= 11 is 1.48. The first kappa shape index (κ1) is 17.8. The third-order valence-corrected chi connectivity index (χ3v) is 5.51. The number of thiophene rings is 1. The van der Waals surface area contributed by atoms with Crippen molar-refractivity contribution in [3.05, 3.63) is 46.2 Å². The molecule has 0 spiro atoms. The number of hydrogen-bond donors (Lipinski definition) is 1. The van der Waals surface area contributed by atoms with Crippen molar-refractivity contribution in [3.63, 3.8) is 0 Å². The van der Waals surface area contributed by atoms with Crippen LogP contribution >= 0.6 is 11.3 Å². The van der Waals surface area contributed by atoms with Gasteiger partial charge in [-0.3, -0.25) is 4.79 Å². The summed E-state index contributed by atoms with van der Waals surface area (Å²) in [5.74, 6) is 1.64. The monoisotopic (exact) mass is 359 g/mol. The van der Waals surface area contributed by atoms with E-state index in [1.165, 1.54) is 37.0 Å². The first-order valence-electron chi connectivity index (χ1n) is 8.90. The van der Waals surface area contributed by atoms with E-state index in [1.54, 1.807) is 7.11 Å². The Kier molecular flexibility index (Phi) is 6.34. The van der Waals surface area contributed by atoms with Crippen molar-refractivity contribution in [1.29, 1.82) is 0 Å². The molecule has 0 unspecified atom stereocenters. The van der Waals surface area contributed by atoms with Gasteiger partial charge in [-0.05, 0) is 48.6 Å². The van der Waals surface area contributed by atoms with Crippen LogP contribution in [0, 0.1) is 0 Å². The van der Waals surface area contributed by atoms with Crippen LogP contribution in [0.5, 0.6) is 11.5 Å². The fourth-order valence-electron chi connectivity index (χ4n) is 3.09. The zero-order chi connectivity index (χ0) is 17.5. The van der Waals surface area contributed by atoms with Crippen molar-refractivity contribution in [2.24, 2.45) is 0 Å². The van der Waals surface area contributed by atoms with Gasteiger partial charge in [-0.1, -0.05) is 25.7 Å². The van der Waals surface area contributed by atoms with Crippen LogP contribution in [0.3, 0.4) is 0 Å². The molecule has 25 heavy (non-hydrogen) atoms. The lowest BCUT2D eigenvalue weighted by Gasteiger charge is -2.15. The number of carbonyl (C=O) groups excluding carboxylic acids is 1. The van der Waals surface area contributed by atoms with Crippen molar-refractivity contribution in [2.45, 2.75) is 51.2 Å². The predicted octanol–water partition coefficient (Wildman–Crippen LogP) is 4.79. The number of nitrogens with one attached hydrogen (secondary N) is 1. The number of carbonyl (C=O) groups is 1. The number of amides is 1. The van der Waals surface area contributed by atoms with Gasteiger partial charge in [0.25, 0.3) is 5.91 Å². The molecule has 134 valence electrons. The van der Waals surface area contributed by atoms with Crippen LogP contribution in [-0.2, 0) is 6.61 Å². The van der Waals surface area contributed by atoms with Crippen molar-refractivity contribution in [2.75, 3.05) is 7.11 Å². The number of methoxy groups -OCH3 is 1. The van der Waals surface area contributed by atoms with Gasteiger partial charge in [-0.25, -0.2) is 0 Å². The molecule has 1 amide bonds. The molecule has 3 rings (SSSR count). The second-order valence-electron chi connectivity index (χ2n) is 6.45. The maximum Gasteiger partial charge on any atom is 0.261 e. The molecule has 2 aromatic rings. The summed E-state index contributed by atoms with van der Waals surface area (Å²) in [4.78, 5) is 13.2. The predicted molar refractivity (Wildman–Crippen MR) is 101 cm³/mol. The first-order valence-corrected chi connectivity index (χ1v) is 9.77. The van der Waals surface area contributed by atoms with Crippen molar-refractivity contribution in [3.8, 4) is 11.5 Å².